The van der Waals surface area contributed by atoms with Crippen LogP contribution in [0.3, 0.4) is 0 Å². The van der Waals surface area contributed by atoms with Crippen molar-refractivity contribution in [2.24, 2.45) is 0 Å². The SMILES string of the molecule is COCCN1C(=O)C(c2ccc(C)cc2C)=C(N2CCCCC2)C1=O. The van der Waals surface area contributed by atoms with Crippen LogP contribution in [0.2, 0.25) is 0 Å². The van der Waals surface area contributed by atoms with E-state index < -0.39 is 0 Å². The summed E-state index contributed by atoms with van der Waals surface area (Å²) in [6.07, 6.45) is 3.30. The summed E-state index contributed by atoms with van der Waals surface area (Å²) in [5.74, 6) is -0.381. The van der Waals surface area contributed by atoms with E-state index in [4.69, 9.17) is 4.74 Å². The van der Waals surface area contributed by atoms with Gasteiger partial charge in [-0.3, -0.25) is 14.5 Å². The molecule has 0 aliphatic carbocycles. The zero-order valence-electron chi connectivity index (χ0n) is 15.3. The van der Waals surface area contributed by atoms with Gasteiger partial charge in [0.25, 0.3) is 11.8 Å². The highest BCUT2D eigenvalue weighted by atomic mass is 16.5. The summed E-state index contributed by atoms with van der Waals surface area (Å²) >= 11 is 0. The Labute approximate surface area is 149 Å². The molecule has 2 aliphatic heterocycles. The summed E-state index contributed by atoms with van der Waals surface area (Å²) in [5, 5.41) is 0. The molecule has 1 fully saturated rings. The van der Waals surface area contributed by atoms with Crippen LogP contribution >= 0.6 is 0 Å². The largest absolute Gasteiger partial charge is 0.383 e. The highest BCUT2D eigenvalue weighted by Gasteiger charge is 2.41. The minimum atomic E-state index is -0.199. The number of carbonyl (C=O) groups is 2. The lowest BCUT2D eigenvalue weighted by Crippen LogP contribution is -2.38. The molecule has 3 rings (SSSR count). The van der Waals surface area contributed by atoms with E-state index in [-0.39, 0.29) is 11.8 Å². The number of ether oxygens (including phenoxy) is 1. The van der Waals surface area contributed by atoms with E-state index in [9.17, 15) is 9.59 Å². The van der Waals surface area contributed by atoms with Crippen LogP contribution < -0.4 is 0 Å². The minimum Gasteiger partial charge on any atom is -0.383 e. The smallest absolute Gasteiger partial charge is 0.277 e. The van der Waals surface area contributed by atoms with Crippen LogP contribution in [0.4, 0.5) is 0 Å². The Morgan fingerprint density at radius 1 is 1.04 bits per heavy atom. The molecule has 2 amide bonds. The van der Waals surface area contributed by atoms with Gasteiger partial charge in [-0.1, -0.05) is 23.8 Å². The van der Waals surface area contributed by atoms with Gasteiger partial charge in [0.15, 0.2) is 0 Å². The van der Waals surface area contributed by atoms with Gasteiger partial charge in [-0.2, -0.15) is 0 Å². The quantitative estimate of drug-likeness (QED) is 0.772. The van der Waals surface area contributed by atoms with Gasteiger partial charge in [0, 0.05) is 20.2 Å². The number of rotatable bonds is 5. The van der Waals surface area contributed by atoms with Crippen molar-refractivity contribution >= 4 is 17.4 Å². The number of piperidine rings is 1. The van der Waals surface area contributed by atoms with Crippen molar-refractivity contribution in [1.29, 1.82) is 0 Å². The van der Waals surface area contributed by atoms with Gasteiger partial charge in [-0.15, -0.1) is 0 Å². The van der Waals surface area contributed by atoms with Gasteiger partial charge in [0.05, 0.1) is 18.7 Å². The molecule has 134 valence electrons. The fourth-order valence-corrected chi connectivity index (χ4v) is 3.70. The maximum absolute atomic E-state index is 13.1. The molecule has 1 aromatic rings. The summed E-state index contributed by atoms with van der Waals surface area (Å²) in [7, 11) is 1.58. The molecule has 1 saturated heterocycles. The fourth-order valence-electron chi connectivity index (χ4n) is 3.70. The van der Waals surface area contributed by atoms with Crippen molar-refractivity contribution in [2.45, 2.75) is 33.1 Å². The van der Waals surface area contributed by atoms with Crippen LogP contribution in [0, 0.1) is 13.8 Å². The standard InChI is InChI=1S/C20H26N2O3/c1-14-7-8-16(15(2)13-14)17-18(21-9-5-4-6-10-21)20(24)22(19(17)23)11-12-25-3/h7-8,13H,4-6,9-12H2,1-3H3. The van der Waals surface area contributed by atoms with Gasteiger partial charge < -0.3 is 9.64 Å². The van der Waals surface area contributed by atoms with Gasteiger partial charge in [-0.05, 0) is 44.2 Å². The summed E-state index contributed by atoms with van der Waals surface area (Å²) in [5.41, 5.74) is 4.17. The molecule has 1 aromatic carbocycles. The van der Waals surface area contributed by atoms with E-state index in [1.807, 2.05) is 26.0 Å². The van der Waals surface area contributed by atoms with Crippen molar-refractivity contribution in [2.75, 3.05) is 33.4 Å². The molecule has 0 spiro atoms. The van der Waals surface area contributed by atoms with Crippen LogP contribution in [-0.4, -0.2) is 55.0 Å². The molecular weight excluding hydrogens is 316 g/mol. The number of carbonyl (C=O) groups excluding carboxylic acids is 2. The number of nitrogens with zero attached hydrogens (tertiary/aromatic N) is 2. The number of methoxy groups -OCH3 is 1. The second kappa shape index (κ2) is 7.40. The normalized spacial score (nSPS) is 18.5. The third-order valence-corrected chi connectivity index (χ3v) is 4.99. The molecular formula is C20H26N2O3. The molecule has 5 heteroatoms. The minimum absolute atomic E-state index is 0.182. The number of hydrogen-bond donors (Lipinski definition) is 0. The lowest BCUT2D eigenvalue weighted by molar-refractivity contribution is -0.138. The van der Waals surface area contributed by atoms with Crippen LogP contribution in [0.15, 0.2) is 23.9 Å². The highest BCUT2D eigenvalue weighted by molar-refractivity contribution is 6.35. The van der Waals surface area contributed by atoms with Crippen molar-refractivity contribution in [3.63, 3.8) is 0 Å². The zero-order valence-corrected chi connectivity index (χ0v) is 15.3. The van der Waals surface area contributed by atoms with Crippen molar-refractivity contribution < 1.29 is 14.3 Å². The zero-order chi connectivity index (χ0) is 18.0. The van der Waals surface area contributed by atoms with Crippen LogP contribution in [0.1, 0.15) is 36.0 Å². The Morgan fingerprint density at radius 2 is 1.76 bits per heavy atom. The summed E-state index contributed by atoms with van der Waals surface area (Å²) in [4.78, 5) is 29.5. The molecule has 0 radical (unpaired) electrons. The molecule has 0 aromatic heterocycles. The molecule has 0 N–H and O–H groups in total. The molecule has 2 heterocycles. The second-order valence-corrected chi connectivity index (χ2v) is 6.84. The average Bonchev–Trinajstić information content (AvgIpc) is 2.84. The van der Waals surface area contributed by atoms with E-state index in [1.54, 1.807) is 7.11 Å². The Hall–Kier alpha value is -2.14. The van der Waals surface area contributed by atoms with Crippen molar-refractivity contribution in [1.82, 2.24) is 9.80 Å². The lowest BCUT2D eigenvalue weighted by Gasteiger charge is -2.29. The number of amides is 2. The molecule has 0 unspecified atom stereocenters. The van der Waals surface area contributed by atoms with E-state index in [0.717, 1.165) is 42.6 Å². The van der Waals surface area contributed by atoms with E-state index in [1.165, 1.54) is 11.3 Å². The highest BCUT2D eigenvalue weighted by Crippen LogP contribution is 2.34. The van der Waals surface area contributed by atoms with Gasteiger partial charge in [-0.25, -0.2) is 0 Å². The first-order valence-electron chi connectivity index (χ1n) is 8.96. The number of likely N-dealkylation sites (tertiary alicyclic amines) is 1. The predicted molar refractivity (Wildman–Crippen MR) is 96.9 cm³/mol. The van der Waals surface area contributed by atoms with Crippen LogP contribution in [0.5, 0.6) is 0 Å². The third kappa shape index (κ3) is 3.33. The maximum atomic E-state index is 13.1. The van der Waals surface area contributed by atoms with Crippen LogP contribution in [0.25, 0.3) is 5.57 Å². The Bertz CT molecular complexity index is 718. The summed E-state index contributed by atoms with van der Waals surface area (Å²) < 4.78 is 5.08. The Kier molecular flexibility index (Phi) is 5.23. The third-order valence-electron chi connectivity index (χ3n) is 4.99. The average molecular weight is 342 g/mol. The van der Waals surface area contributed by atoms with Crippen LogP contribution in [-0.2, 0) is 14.3 Å². The number of hydrogen-bond acceptors (Lipinski definition) is 4. The molecule has 0 saturated carbocycles. The van der Waals surface area contributed by atoms with E-state index >= 15 is 0 Å². The maximum Gasteiger partial charge on any atom is 0.277 e. The first-order valence-corrected chi connectivity index (χ1v) is 8.96. The summed E-state index contributed by atoms with van der Waals surface area (Å²) in [6, 6.07) is 6.03. The topological polar surface area (TPSA) is 49.9 Å². The van der Waals surface area contributed by atoms with E-state index in [0.29, 0.717) is 24.4 Å². The molecule has 0 bridgehead atoms. The number of aryl methyl sites for hydroxylation is 2. The molecule has 5 nitrogen and oxygen atoms in total. The Morgan fingerprint density at radius 3 is 2.40 bits per heavy atom. The van der Waals surface area contributed by atoms with Gasteiger partial charge >= 0.3 is 0 Å². The fraction of sp³-hybridized carbons (Fsp3) is 0.500. The molecule has 0 atom stereocenters. The first-order chi connectivity index (χ1) is 12.0. The van der Waals surface area contributed by atoms with Gasteiger partial charge in [0.1, 0.15) is 5.70 Å². The molecule has 25 heavy (non-hydrogen) atoms. The lowest BCUT2D eigenvalue weighted by atomic mass is 9.97. The van der Waals surface area contributed by atoms with Crippen molar-refractivity contribution in [3.8, 4) is 0 Å². The van der Waals surface area contributed by atoms with Gasteiger partial charge in [0.2, 0.25) is 0 Å². The molecule has 2 aliphatic rings. The monoisotopic (exact) mass is 342 g/mol. The number of benzene rings is 1. The van der Waals surface area contributed by atoms with Crippen molar-refractivity contribution in [3.05, 3.63) is 40.6 Å². The predicted octanol–water partition coefficient (Wildman–Crippen LogP) is 2.52. The Balaban J connectivity index is 2.07. The first kappa shape index (κ1) is 17.7. The van der Waals surface area contributed by atoms with E-state index in [2.05, 4.69) is 11.0 Å². The second-order valence-electron chi connectivity index (χ2n) is 6.84. The summed E-state index contributed by atoms with van der Waals surface area (Å²) in [6.45, 7) is 6.34. The number of imide groups is 1.